The van der Waals surface area contributed by atoms with Crippen LogP contribution < -0.4 is 0 Å². The summed E-state index contributed by atoms with van der Waals surface area (Å²) in [6.45, 7) is 0.268. The standard InChI is InChI=1S/C24H19ClN2O4S/c1-32(30,31)20-13-9-18(10-14-20)22-21(17-7-11-19(25)12-8-17)23(24(28)29)27(26-22)15-16-5-3-2-4-6-16/h2-14H,15H2,1H3,(H,28,29). The number of sulfone groups is 1. The molecule has 0 saturated heterocycles. The third-order valence-electron chi connectivity index (χ3n) is 5.02. The first-order valence-electron chi connectivity index (χ1n) is 9.68. The molecule has 4 rings (SSSR count). The summed E-state index contributed by atoms with van der Waals surface area (Å²) in [6.07, 6.45) is 1.14. The number of carboxylic acid groups (broad SMARTS) is 1. The average molecular weight is 467 g/mol. The molecule has 0 fully saturated rings. The fraction of sp³-hybridized carbons (Fsp3) is 0.0833. The highest BCUT2D eigenvalue weighted by Gasteiger charge is 2.25. The predicted octanol–water partition coefficient (Wildman–Crippen LogP) is 5.02. The minimum atomic E-state index is -3.36. The quantitative estimate of drug-likeness (QED) is 0.431. The molecule has 0 aliphatic heterocycles. The molecular formula is C24H19ClN2O4S. The first kappa shape index (κ1) is 21.8. The fourth-order valence-electron chi connectivity index (χ4n) is 3.50. The highest BCUT2D eigenvalue weighted by molar-refractivity contribution is 7.90. The summed E-state index contributed by atoms with van der Waals surface area (Å²) in [5.74, 6) is -1.11. The first-order valence-corrected chi connectivity index (χ1v) is 12.0. The number of rotatable bonds is 6. The Hall–Kier alpha value is -3.42. The lowest BCUT2D eigenvalue weighted by atomic mass is 9.99. The normalized spacial score (nSPS) is 11.4. The Morgan fingerprint density at radius 1 is 0.938 bits per heavy atom. The van der Waals surface area contributed by atoms with Crippen LogP contribution in [0.15, 0.2) is 83.8 Å². The minimum absolute atomic E-state index is 0.0402. The van der Waals surface area contributed by atoms with Crippen LogP contribution >= 0.6 is 11.6 Å². The van der Waals surface area contributed by atoms with E-state index in [-0.39, 0.29) is 17.1 Å². The number of hydrogen-bond acceptors (Lipinski definition) is 4. The molecule has 0 bridgehead atoms. The summed E-state index contributed by atoms with van der Waals surface area (Å²) in [6, 6.07) is 22.6. The summed E-state index contributed by atoms with van der Waals surface area (Å²) in [5.41, 5.74) is 3.08. The second-order valence-electron chi connectivity index (χ2n) is 7.32. The maximum Gasteiger partial charge on any atom is 0.354 e. The third-order valence-corrected chi connectivity index (χ3v) is 6.40. The van der Waals surface area contributed by atoms with Crippen LogP contribution in [0.3, 0.4) is 0 Å². The summed E-state index contributed by atoms with van der Waals surface area (Å²) in [5, 5.41) is 15.3. The monoisotopic (exact) mass is 466 g/mol. The predicted molar refractivity (Wildman–Crippen MR) is 124 cm³/mol. The van der Waals surface area contributed by atoms with Gasteiger partial charge in [-0.25, -0.2) is 13.2 Å². The maximum absolute atomic E-state index is 12.3. The lowest BCUT2D eigenvalue weighted by molar-refractivity contribution is 0.0685. The summed E-state index contributed by atoms with van der Waals surface area (Å²) >= 11 is 6.04. The fourth-order valence-corrected chi connectivity index (χ4v) is 4.26. The van der Waals surface area contributed by atoms with E-state index in [1.54, 1.807) is 36.4 Å². The first-order chi connectivity index (χ1) is 15.2. The number of carbonyl (C=O) groups is 1. The molecule has 3 aromatic carbocycles. The molecule has 0 atom stereocenters. The molecule has 1 aromatic heterocycles. The highest BCUT2D eigenvalue weighted by Crippen LogP contribution is 2.36. The van der Waals surface area contributed by atoms with Crippen molar-refractivity contribution in [2.75, 3.05) is 6.26 Å². The van der Waals surface area contributed by atoms with Gasteiger partial charge in [-0.05, 0) is 35.4 Å². The highest BCUT2D eigenvalue weighted by atomic mass is 35.5. The van der Waals surface area contributed by atoms with Gasteiger partial charge in [0.1, 0.15) is 5.69 Å². The Morgan fingerprint density at radius 3 is 2.09 bits per heavy atom. The van der Waals surface area contributed by atoms with Crippen LogP contribution in [-0.4, -0.2) is 35.5 Å². The summed E-state index contributed by atoms with van der Waals surface area (Å²) in [7, 11) is -3.36. The van der Waals surface area contributed by atoms with E-state index in [2.05, 4.69) is 5.10 Å². The van der Waals surface area contributed by atoms with Crippen LogP contribution in [0.2, 0.25) is 5.02 Å². The van der Waals surface area contributed by atoms with Gasteiger partial charge < -0.3 is 5.11 Å². The van der Waals surface area contributed by atoms with Gasteiger partial charge in [0.05, 0.1) is 11.4 Å². The molecule has 0 amide bonds. The molecule has 8 heteroatoms. The topological polar surface area (TPSA) is 89.3 Å². The Balaban J connectivity index is 1.94. The molecule has 4 aromatic rings. The smallest absolute Gasteiger partial charge is 0.354 e. The molecule has 6 nitrogen and oxygen atoms in total. The molecule has 1 heterocycles. The van der Waals surface area contributed by atoms with Crippen molar-refractivity contribution in [3.63, 3.8) is 0 Å². The third kappa shape index (κ3) is 4.44. The van der Waals surface area contributed by atoms with Gasteiger partial charge in [-0.15, -0.1) is 0 Å². The van der Waals surface area contributed by atoms with Gasteiger partial charge in [0.15, 0.2) is 15.5 Å². The van der Waals surface area contributed by atoms with Crippen molar-refractivity contribution in [3.8, 4) is 22.4 Å². The van der Waals surface area contributed by atoms with Crippen LogP contribution in [0.4, 0.5) is 0 Å². The van der Waals surface area contributed by atoms with Crippen molar-refractivity contribution in [1.29, 1.82) is 0 Å². The van der Waals surface area contributed by atoms with Crippen molar-refractivity contribution in [3.05, 3.63) is 95.1 Å². The lowest BCUT2D eigenvalue weighted by Gasteiger charge is -2.07. The number of aromatic nitrogens is 2. The number of carboxylic acids is 1. The van der Waals surface area contributed by atoms with Crippen LogP contribution in [0.25, 0.3) is 22.4 Å². The average Bonchev–Trinajstić information content (AvgIpc) is 3.14. The van der Waals surface area contributed by atoms with Crippen LogP contribution in [-0.2, 0) is 16.4 Å². The van der Waals surface area contributed by atoms with Gasteiger partial charge in [-0.3, -0.25) is 4.68 Å². The molecule has 0 aliphatic rings. The van der Waals surface area contributed by atoms with Gasteiger partial charge >= 0.3 is 5.97 Å². The molecule has 32 heavy (non-hydrogen) atoms. The Morgan fingerprint density at radius 2 is 1.53 bits per heavy atom. The largest absolute Gasteiger partial charge is 0.477 e. The number of halogens is 1. The van der Waals surface area contributed by atoms with Gasteiger partial charge in [0, 0.05) is 22.4 Å². The zero-order chi connectivity index (χ0) is 22.9. The van der Waals surface area contributed by atoms with E-state index in [0.717, 1.165) is 11.8 Å². The second kappa shape index (κ2) is 8.61. The van der Waals surface area contributed by atoms with Gasteiger partial charge in [0.2, 0.25) is 0 Å². The molecule has 1 N–H and O–H groups in total. The zero-order valence-corrected chi connectivity index (χ0v) is 18.6. The van der Waals surface area contributed by atoms with Crippen LogP contribution in [0.1, 0.15) is 16.1 Å². The van der Waals surface area contributed by atoms with E-state index in [1.807, 2.05) is 30.3 Å². The number of nitrogens with zero attached hydrogens (tertiary/aromatic N) is 2. The van der Waals surface area contributed by atoms with E-state index in [0.29, 0.717) is 27.4 Å². The van der Waals surface area contributed by atoms with E-state index in [1.165, 1.54) is 16.8 Å². The summed E-state index contributed by atoms with van der Waals surface area (Å²) in [4.78, 5) is 12.5. The number of benzene rings is 3. The Labute approximate surface area is 190 Å². The van der Waals surface area contributed by atoms with Crippen LogP contribution in [0.5, 0.6) is 0 Å². The Kier molecular flexibility index (Phi) is 5.86. The van der Waals surface area contributed by atoms with Gasteiger partial charge in [-0.2, -0.15) is 5.10 Å². The summed E-state index contributed by atoms with van der Waals surface area (Å²) < 4.78 is 25.1. The van der Waals surface area contributed by atoms with Crippen LogP contribution in [0, 0.1) is 0 Å². The molecular weight excluding hydrogens is 448 g/mol. The maximum atomic E-state index is 12.3. The van der Waals surface area contributed by atoms with E-state index >= 15 is 0 Å². The van der Waals surface area contributed by atoms with E-state index in [4.69, 9.17) is 11.6 Å². The lowest BCUT2D eigenvalue weighted by Crippen LogP contribution is -2.11. The molecule has 0 unspecified atom stereocenters. The molecule has 0 saturated carbocycles. The number of aromatic carboxylic acids is 1. The van der Waals surface area contributed by atoms with Crippen molar-refractivity contribution >= 4 is 27.4 Å². The van der Waals surface area contributed by atoms with Crippen molar-refractivity contribution in [1.82, 2.24) is 9.78 Å². The zero-order valence-electron chi connectivity index (χ0n) is 17.1. The van der Waals surface area contributed by atoms with Gasteiger partial charge in [0.25, 0.3) is 0 Å². The van der Waals surface area contributed by atoms with E-state index < -0.39 is 15.8 Å². The molecule has 0 spiro atoms. The van der Waals surface area contributed by atoms with Crippen molar-refractivity contribution in [2.24, 2.45) is 0 Å². The van der Waals surface area contributed by atoms with Gasteiger partial charge in [-0.1, -0.05) is 66.2 Å². The molecule has 0 radical (unpaired) electrons. The Bertz CT molecular complexity index is 1380. The number of hydrogen-bond donors (Lipinski definition) is 1. The van der Waals surface area contributed by atoms with Crippen molar-refractivity contribution < 1.29 is 18.3 Å². The molecule has 0 aliphatic carbocycles. The second-order valence-corrected chi connectivity index (χ2v) is 9.78. The van der Waals surface area contributed by atoms with E-state index in [9.17, 15) is 18.3 Å². The van der Waals surface area contributed by atoms with Crippen molar-refractivity contribution in [2.45, 2.75) is 11.4 Å². The minimum Gasteiger partial charge on any atom is -0.477 e. The molecule has 162 valence electrons. The SMILES string of the molecule is CS(=O)(=O)c1ccc(-c2nn(Cc3ccccc3)c(C(=O)O)c2-c2ccc(Cl)cc2)cc1.